The second-order valence-electron chi connectivity index (χ2n) is 3.27. The Labute approximate surface area is 81.6 Å². The van der Waals surface area contributed by atoms with E-state index in [1.807, 2.05) is 0 Å². The molecule has 5 heteroatoms. The molecule has 5 nitrogen and oxygen atoms in total. The molecule has 2 heterocycles. The van der Waals surface area contributed by atoms with Crippen LogP contribution in [0.1, 0.15) is 12.8 Å². The number of esters is 1. The number of carbonyl (C=O) groups excluding carboxylic acids is 1. The maximum absolute atomic E-state index is 11.4. The Bertz CT molecular complexity index is 329. The summed E-state index contributed by atoms with van der Waals surface area (Å²) in [4.78, 5) is 11.4. The number of aryl methyl sites for hydroxylation is 1. The summed E-state index contributed by atoms with van der Waals surface area (Å²) in [6, 6.07) is 0. The molecule has 1 unspecified atom stereocenters. The minimum atomic E-state index is -0.393. The number of ether oxygens (including phenoxy) is 2. The molecule has 0 saturated carbocycles. The molecule has 1 atom stereocenters. The molecule has 0 aromatic carbocycles. The lowest BCUT2D eigenvalue weighted by Gasteiger charge is -2.06. The Morgan fingerprint density at radius 3 is 3.21 bits per heavy atom. The number of aromatic nitrogens is 2. The zero-order chi connectivity index (χ0) is 9.97. The van der Waals surface area contributed by atoms with Crippen LogP contribution in [-0.2, 0) is 16.6 Å². The lowest BCUT2D eigenvalue weighted by Crippen LogP contribution is -2.24. The van der Waals surface area contributed by atoms with Crippen molar-refractivity contribution in [3.8, 4) is 5.75 Å². The Balaban J connectivity index is 1.93. The summed E-state index contributed by atoms with van der Waals surface area (Å²) >= 11 is 0. The van der Waals surface area contributed by atoms with Crippen molar-refractivity contribution < 1.29 is 14.3 Å². The monoisotopic (exact) mass is 196 g/mol. The predicted molar refractivity (Wildman–Crippen MR) is 47.8 cm³/mol. The number of hydrogen-bond donors (Lipinski definition) is 0. The Morgan fingerprint density at radius 2 is 2.64 bits per heavy atom. The van der Waals surface area contributed by atoms with E-state index in [0.717, 1.165) is 12.8 Å². The van der Waals surface area contributed by atoms with E-state index in [1.165, 1.54) is 6.20 Å². The van der Waals surface area contributed by atoms with Gasteiger partial charge in [-0.05, 0) is 12.8 Å². The Hall–Kier alpha value is -1.36. The van der Waals surface area contributed by atoms with E-state index < -0.39 is 6.10 Å². The molecule has 1 aliphatic rings. The van der Waals surface area contributed by atoms with E-state index in [2.05, 4.69) is 5.10 Å². The molecule has 14 heavy (non-hydrogen) atoms. The lowest BCUT2D eigenvalue weighted by atomic mass is 10.2. The van der Waals surface area contributed by atoms with Crippen LogP contribution in [0.2, 0.25) is 0 Å². The van der Waals surface area contributed by atoms with Crippen LogP contribution < -0.4 is 4.74 Å². The minimum absolute atomic E-state index is 0.324. The van der Waals surface area contributed by atoms with Crippen LogP contribution in [0.4, 0.5) is 0 Å². The fourth-order valence-corrected chi connectivity index (χ4v) is 1.40. The Kier molecular flexibility index (Phi) is 2.49. The Morgan fingerprint density at radius 1 is 1.79 bits per heavy atom. The van der Waals surface area contributed by atoms with E-state index in [0.29, 0.717) is 12.4 Å². The van der Waals surface area contributed by atoms with E-state index in [1.54, 1.807) is 17.9 Å². The van der Waals surface area contributed by atoms with Gasteiger partial charge in [-0.1, -0.05) is 0 Å². The third kappa shape index (κ3) is 1.93. The molecule has 0 bridgehead atoms. The summed E-state index contributed by atoms with van der Waals surface area (Å²) in [7, 11) is 1.77. The highest BCUT2D eigenvalue weighted by molar-refractivity contribution is 5.77. The van der Waals surface area contributed by atoms with Gasteiger partial charge in [0, 0.05) is 13.7 Å². The maximum Gasteiger partial charge on any atom is 0.340 e. The second-order valence-corrected chi connectivity index (χ2v) is 3.27. The van der Waals surface area contributed by atoms with Crippen molar-refractivity contribution >= 4 is 5.97 Å². The molecule has 1 fully saturated rings. The molecular formula is C9H12N2O3. The highest BCUT2D eigenvalue weighted by Gasteiger charge is 2.25. The summed E-state index contributed by atoms with van der Waals surface area (Å²) in [5.74, 6) is 0.142. The zero-order valence-electron chi connectivity index (χ0n) is 7.97. The highest BCUT2D eigenvalue weighted by Crippen LogP contribution is 2.15. The van der Waals surface area contributed by atoms with Crippen molar-refractivity contribution in [2.75, 3.05) is 6.61 Å². The van der Waals surface area contributed by atoms with Gasteiger partial charge >= 0.3 is 5.97 Å². The number of carbonyl (C=O) groups is 1. The molecule has 2 rings (SSSR count). The van der Waals surface area contributed by atoms with Crippen molar-refractivity contribution in [1.29, 1.82) is 0 Å². The molecule has 0 N–H and O–H groups in total. The van der Waals surface area contributed by atoms with Gasteiger partial charge in [-0.3, -0.25) is 4.68 Å². The molecule has 1 aromatic rings. The first-order chi connectivity index (χ1) is 6.75. The highest BCUT2D eigenvalue weighted by atomic mass is 16.6. The smallest absolute Gasteiger partial charge is 0.340 e. The molecule has 0 radical (unpaired) electrons. The van der Waals surface area contributed by atoms with Gasteiger partial charge < -0.3 is 9.47 Å². The van der Waals surface area contributed by atoms with Crippen LogP contribution in [0, 0.1) is 0 Å². The van der Waals surface area contributed by atoms with Crippen LogP contribution in [0.15, 0.2) is 12.4 Å². The van der Waals surface area contributed by atoms with Crippen LogP contribution in [0.25, 0.3) is 0 Å². The van der Waals surface area contributed by atoms with Gasteiger partial charge in [0.2, 0.25) is 0 Å². The molecular weight excluding hydrogens is 184 g/mol. The van der Waals surface area contributed by atoms with Gasteiger partial charge in [0.25, 0.3) is 0 Å². The first kappa shape index (κ1) is 9.21. The van der Waals surface area contributed by atoms with E-state index >= 15 is 0 Å². The van der Waals surface area contributed by atoms with Gasteiger partial charge in [0.05, 0.1) is 12.4 Å². The average molecular weight is 196 g/mol. The van der Waals surface area contributed by atoms with Crippen molar-refractivity contribution in [3.05, 3.63) is 12.4 Å². The van der Waals surface area contributed by atoms with Crippen molar-refractivity contribution in [2.24, 2.45) is 7.05 Å². The summed E-state index contributed by atoms with van der Waals surface area (Å²) in [5.41, 5.74) is 0. The fraction of sp³-hybridized carbons (Fsp3) is 0.556. The number of hydrogen-bond acceptors (Lipinski definition) is 4. The van der Waals surface area contributed by atoms with Gasteiger partial charge in [-0.2, -0.15) is 5.10 Å². The molecule has 1 aromatic heterocycles. The number of rotatable bonds is 2. The summed E-state index contributed by atoms with van der Waals surface area (Å²) < 4.78 is 11.8. The fourth-order valence-electron chi connectivity index (χ4n) is 1.40. The second kappa shape index (κ2) is 3.79. The van der Waals surface area contributed by atoms with Crippen molar-refractivity contribution in [1.82, 2.24) is 9.78 Å². The van der Waals surface area contributed by atoms with E-state index in [4.69, 9.17) is 9.47 Å². The lowest BCUT2D eigenvalue weighted by molar-refractivity contribution is -0.144. The van der Waals surface area contributed by atoms with Crippen molar-refractivity contribution in [3.63, 3.8) is 0 Å². The zero-order valence-corrected chi connectivity index (χ0v) is 7.97. The SMILES string of the molecule is Cn1cc(OC(=O)C2CCCO2)cn1. The molecule has 1 aliphatic heterocycles. The van der Waals surface area contributed by atoms with Crippen LogP contribution in [0.5, 0.6) is 5.75 Å². The van der Waals surface area contributed by atoms with Gasteiger partial charge in [0.1, 0.15) is 0 Å². The predicted octanol–water partition coefficient (Wildman–Crippen LogP) is 0.504. The van der Waals surface area contributed by atoms with Crippen molar-refractivity contribution in [2.45, 2.75) is 18.9 Å². The first-order valence-corrected chi connectivity index (χ1v) is 4.57. The molecule has 76 valence electrons. The summed E-state index contributed by atoms with van der Waals surface area (Å²) in [6.07, 6.45) is 4.43. The van der Waals surface area contributed by atoms with Crippen LogP contribution >= 0.6 is 0 Å². The molecule has 0 aliphatic carbocycles. The first-order valence-electron chi connectivity index (χ1n) is 4.57. The third-order valence-corrected chi connectivity index (χ3v) is 2.09. The number of nitrogens with zero attached hydrogens (tertiary/aromatic N) is 2. The van der Waals surface area contributed by atoms with Gasteiger partial charge in [-0.25, -0.2) is 4.79 Å². The van der Waals surface area contributed by atoms with E-state index in [9.17, 15) is 4.79 Å². The normalized spacial score (nSPS) is 21.1. The molecule has 0 spiro atoms. The summed E-state index contributed by atoms with van der Waals surface area (Å²) in [5, 5.41) is 3.89. The maximum atomic E-state index is 11.4. The largest absolute Gasteiger partial charge is 0.421 e. The summed E-state index contributed by atoms with van der Waals surface area (Å²) in [6.45, 7) is 0.646. The van der Waals surface area contributed by atoms with Crippen LogP contribution in [0.3, 0.4) is 0 Å². The quantitative estimate of drug-likeness (QED) is 0.646. The minimum Gasteiger partial charge on any atom is -0.421 e. The van der Waals surface area contributed by atoms with Gasteiger partial charge in [0.15, 0.2) is 11.9 Å². The van der Waals surface area contributed by atoms with Crippen LogP contribution in [-0.4, -0.2) is 28.5 Å². The van der Waals surface area contributed by atoms with E-state index in [-0.39, 0.29) is 5.97 Å². The molecule has 1 saturated heterocycles. The topological polar surface area (TPSA) is 53.4 Å². The molecule has 0 amide bonds. The average Bonchev–Trinajstić information content (AvgIpc) is 2.75. The van der Waals surface area contributed by atoms with Gasteiger partial charge in [-0.15, -0.1) is 0 Å². The third-order valence-electron chi connectivity index (χ3n) is 2.09. The standard InChI is InChI=1S/C9H12N2O3/c1-11-6-7(5-10-11)14-9(12)8-3-2-4-13-8/h5-6,8H,2-4H2,1H3.